The van der Waals surface area contributed by atoms with Crippen LogP contribution in [0.5, 0.6) is 0 Å². The SMILES string of the molecule is CCOC(=O)c1sc(NC(=O)c2ccno2)c(C#N)c1C. The van der Waals surface area contributed by atoms with E-state index in [1.807, 2.05) is 6.07 Å². The fourth-order valence-electron chi connectivity index (χ4n) is 1.63. The van der Waals surface area contributed by atoms with Crippen LogP contribution < -0.4 is 5.32 Å². The average molecular weight is 305 g/mol. The van der Waals surface area contributed by atoms with Crippen molar-refractivity contribution in [1.29, 1.82) is 5.26 Å². The van der Waals surface area contributed by atoms with Gasteiger partial charge in [-0.05, 0) is 19.4 Å². The van der Waals surface area contributed by atoms with E-state index in [0.29, 0.717) is 10.4 Å². The number of thiophene rings is 1. The number of anilines is 1. The zero-order valence-electron chi connectivity index (χ0n) is 11.3. The Kier molecular flexibility index (Phi) is 4.35. The van der Waals surface area contributed by atoms with Crippen molar-refractivity contribution in [3.8, 4) is 6.07 Å². The highest BCUT2D eigenvalue weighted by atomic mass is 32.1. The molecule has 0 spiro atoms. The minimum atomic E-state index is -0.541. The molecule has 0 unspecified atom stereocenters. The normalized spacial score (nSPS) is 9.95. The molecule has 0 atom stereocenters. The molecule has 0 aliphatic heterocycles. The van der Waals surface area contributed by atoms with Crippen molar-refractivity contribution in [2.45, 2.75) is 13.8 Å². The van der Waals surface area contributed by atoms with Crippen LogP contribution >= 0.6 is 11.3 Å². The van der Waals surface area contributed by atoms with E-state index in [2.05, 4.69) is 10.5 Å². The molecule has 1 amide bonds. The molecular formula is C13H11N3O4S. The number of ether oxygens (including phenoxy) is 1. The first-order valence-corrected chi connectivity index (χ1v) is 6.82. The number of rotatable bonds is 4. The first kappa shape index (κ1) is 14.7. The molecule has 2 rings (SSSR count). The first-order chi connectivity index (χ1) is 10.1. The van der Waals surface area contributed by atoms with Gasteiger partial charge in [-0.2, -0.15) is 5.26 Å². The highest BCUT2D eigenvalue weighted by molar-refractivity contribution is 7.18. The van der Waals surface area contributed by atoms with Gasteiger partial charge in [0.2, 0.25) is 5.76 Å². The second kappa shape index (κ2) is 6.19. The quantitative estimate of drug-likeness (QED) is 0.869. The van der Waals surface area contributed by atoms with Crippen LogP contribution in [0.2, 0.25) is 0 Å². The molecule has 0 aliphatic carbocycles. The molecular weight excluding hydrogens is 294 g/mol. The number of hydrogen-bond donors (Lipinski definition) is 1. The van der Waals surface area contributed by atoms with Gasteiger partial charge in [0.1, 0.15) is 15.9 Å². The van der Waals surface area contributed by atoms with Crippen LogP contribution in [0, 0.1) is 18.3 Å². The summed E-state index contributed by atoms with van der Waals surface area (Å²) in [5, 5.41) is 15.4. The van der Waals surface area contributed by atoms with E-state index >= 15 is 0 Å². The lowest BCUT2D eigenvalue weighted by atomic mass is 10.2. The second-order valence-corrected chi connectivity index (χ2v) is 4.94. The minimum absolute atomic E-state index is 0.0163. The molecule has 1 N–H and O–H groups in total. The Morgan fingerprint density at radius 3 is 2.90 bits per heavy atom. The number of nitrogens with zero attached hydrogens (tertiary/aromatic N) is 2. The van der Waals surface area contributed by atoms with Crippen LogP contribution in [0.15, 0.2) is 16.8 Å². The van der Waals surface area contributed by atoms with Gasteiger partial charge >= 0.3 is 5.97 Å². The Morgan fingerprint density at radius 1 is 1.57 bits per heavy atom. The van der Waals surface area contributed by atoms with E-state index in [9.17, 15) is 14.9 Å². The third kappa shape index (κ3) is 2.93. The molecule has 0 fully saturated rings. The van der Waals surface area contributed by atoms with Crippen molar-refractivity contribution in [3.63, 3.8) is 0 Å². The largest absolute Gasteiger partial charge is 0.462 e. The topological polar surface area (TPSA) is 105 Å². The molecule has 0 saturated carbocycles. The van der Waals surface area contributed by atoms with Crippen LogP contribution in [0.1, 0.15) is 38.3 Å². The van der Waals surface area contributed by atoms with E-state index in [0.717, 1.165) is 11.3 Å². The van der Waals surface area contributed by atoms with E-state index in [1.54, 1.807) is 13.8 Å². The Hall–Kier alpha value is -2.66. The number of hydrogen-bond acceptors (Lipinski definition) is 7. The summed E-state index contributed by atoms with van der Waals surface area (Å²) in [6.45, 7) is 3.56. The highest BCUT2D eigenvalue weighted by Gasteiger charge is 2.23. The van der Waals surface area contributed by atoms with E-state index < -0.39 is 11.9 Å². The van der Waals surface area contributed by atoms with Gasteiger partial charge in [0.25, 0.3) is 5.91 Å². The summed E-state index contributed by atoms with van der Waals surface area (Å²) in [7, 11) is 0. The lowest BCUT2D eigenvalue weighted by Gasteiger charge is -1.99. The molecule has 2 aromatic heterocycles. The maximum absolute atomic E-state index is 11.9. The van der Waals surface area contributed by atoms with Gasteiger partial charge in [-0.3, -0.25) is 4.79 Å². The highest BCUT2D eigenvalue weighted by Crippen LogP contribution is 2.33. The Labute approximate surface area is 124 Å². The monoisotopic (exact) mass is 305 g/mol. The summed E-state index contributed by atoms with van der Waals surface area (Å²) in [6, 6.07) is 3.37. The molecule has 0 aromatic carbocycles. The van der Waals surface area contributed by atoms with E-state index in [-0.39, 0.29) is 22.9 Å². The number of nitrogens with one attached hydrogen (secondary N) is 1. The molecule has 0 bridgehead atoms. The zero-order valence-corrected chi connectivity index (χ0v) is 12.1. The molecule has 8 heteroatoms. The van der Waals surface area contributed by atoms with Crippen molar-refractivity contribution in [2.24, 2.45) is 0 Å². The van der Waals surface area contributed by atoms with Crippen LogP contribution in [0.4, 0.5) is 5.00 Å². The summed E-state index contributed by atoms with van der Waals surface area (Å²) in [6.07, 6.45) is 1.34. The molecule has 2 heterocycles. The number of nitriles is 1. The summed E-state index contributed by atoms with van der Waals surface area (Å²) in [5.41, 5.74) is 0.713. The molecule has 0 saturated heterocycles. The summed E-state index contributed by atoms with van der Waals surface area (Å²) >= 11 is 0.993. The lowest BCUT2D eigenvalue weighted by Crippen LogP contribution is -2.10. The van der Waals surface area contributed by atoms with Crippen molar-refractivity contribution in [3.05, 3.63) is 34.0 Å². The molecule has 108 valence electrons. The fourth-order valence-corrected chi connectivity index (χ4v) is 2.67. The van der Waals surface area contributed by atoms with Gasteiger partial charge in [-0.1, -0.05) is 5.16 Å². The molecule has 0 radical (unpaired) electrons. The number of aromatic nitrogens is 1. The van der Waals surface area contributed by atoms with Gasteiger partial charge < -0.3 is 14.6 Å². The summed E-state index contributed by atoms with van der Waals surface area (Å²) in [4.78, 5) is 24.0. The Bertz CT molecular complexity index is 713. The van der Waals surface area contributed by atoms with Gasteiger partial charge in [0.15, 0.2) is 0 Å². The average Bonchev–Trinajstić information content (AvgIpc) is 3.07. The van der Waals surface area contributed by atoms with Crippen LogP contribution in [-0.4, -0.2) is 23.6 Å². The zero-order chi connectivity index (χ0) is 15.4. The minimum Gasteiger partial charge on any atom is -0.462 e. The van der Waals surface area contributed by atoms with Crippen molar-refractivity contribution in [2.75, 3.05) is 11.9 Å². The Morgan fingerprint density at radius 2 is 2.33 bits per heavy atom. The maximum Gasteiger partial charge on any atom is 0.348 e. The number of carbonyl (C=O) groups is 2. The predicted octanol–water partition coefficient (Wildman–Crippen LogP) is 2.35. The number of carbonyl (C=O) groups excluding carboxylic acids is 2. The molecule has 7 nitrogen and oxygen atoms in total. The Balaban J connectivity index is 2.32. The van der Waals surface area contributed by atoms with Gasteiger partial charge in [-0.25, -0.2) is 4.79 Å². The van der Waals surface area contributed by atoms with Crippen LogP contribution in [-0.2, 0) is 4.74 Å². The molecule has 0 aliphatic rings. The molecule has 21 heavy (non-hydrogen) atoms. The summed E-state index contributed by atoms with van der Waals surface area (Å²) in [5.74, 6) is -1.04. The van der Waals surface area contributed by atoms with Crippen molar-refractivity contribution >= 4 is 28.2 Å². The fraction of sp³-hybridized carbons (Fsp3) is 0.231. The molecule has 2 aromatic rings. The number of esters is 1. The summed E-state index contributed by atoms with van der Waals surface area (Å²) < 4.78 is 9.65. The van der Waals surface area contributed by atoms with E-state index in [1.165, 1.54) is 12.3 Å². The van der Waals surface area contributed by atoms with Crippen LogP contribution in [0.3, 0.4) is 0 Å². The second-order valence-electron chi connectivity index (χ2n) is 3.92. The number of amides is 1. The van der Waals surface area contributed by atoms with Crippen molar-refractivity contribution in [1.82, 2.24) is 5.16 Å². The van der Waals surface area contributed by atoms with Gasteiger partial charge in [0, 0.05) is 6.07 Å². The van der Waals surface area contributed by atoms with Crippen LogP contribution in [0.25, 0.3) is 0 Å². The van der Waals surface area contributed by atoms with E-state index in [4.69, 9.17) is 9.26 Å². The third-order valence-electron chi connectivity index (χ3n) is 2.61. The lowest BCUT2D eigenvalue weighted by molar-refractivity contribution is 0.0531. The maximum atomic E-state index is 11.9. The smallest absolute Gasteiger partial charge is 0.348 e. The predicted molar refractivity (Wildman–Crippen MR) is 74.2 cm³/mol. The third-order valence-corrected chi connectivity index (χ3v) is 3.80. The van der Waals surface area contributed by atoms with Crippen molar-refractivity contribution < 1.29 is 18.8 Å². The van der Waals surface area contributed by atoms with Gasteiger partial charge in [-0.15, -0.1) is 11.3 Å². The van der Waals surface area contributed by atoms with Gasteiger partial charge in [0.05, 0.1) is 18.4 Å². The first-order valence-electron chi connectivity index (χ1n) is 6.01. The standard InChI is InChI=1S/C13H11N3O4S/c1-3-19-13(18)10-7(2)8(6-14)12(21-10)16-11(17)9-4-5-15-20-9/h4-5H,3H2,1-2H3,(H,16,17).